The van der Waals surface area contributed by atoms with Crippen molar-refractivity contribution in [3.8, 4) is 0 Å². The number of alkyl halides is 3. The van der Waals surface area contributed by atoms with E-state index >= 15 is 0 Å². The van der Waals surface area contributed by atoms with Crippen LogP contribution in [0.15, 0.2) is 48.5 Å². The molecular weight excluding hydrogens is 383 g/mol. The number of ether oxygens (including phenoxy) is 1. The van der Waals surface area contributed by atoms with Crippen LogP contribution in [0.1, 0.15) is 21.5 Å². The molecule has 1 amide bonds. The van der Waals surface area contributed by atoms with Gasteiger partial charge in [0.15, 0.2) is 6.61 Å². The Kier molecular flexibility index (Phi) is 6.73. The highest BCUT2D eigenvalue weighted by atomic mass is 32.2. The van der Waals surface area contributed by atoms with Gasteiger partial charge in [0, 0.05) is 22.8 Å². The van der Waals surface area contributed by atoms with E-state index in [1.807, 2.05) is 0 Å². The number of amides is 1. The second kappa shape index (κ2) is 8.81. The molecule has 2 rings (SSSR count). The lowest BCUT2D eigenvalue weighted by atomic mass is 10.1. The Hall–Kier alpha value is -2.68. The predicted molar refractivity (Wildman–Crippen MR) is 94.6 cm³/mol. The van der Waals surface area contributed by atoms with Gasteiger partial charge in [0.2, 0.25) is 0 Å². The van der Waals surface area contributed by atoms with Gasteiger partial charge in [0.1, 0.15) is 0 Å². The average Bonchev–Trinajstić information content (AvgIpc) is 2.59. The monoisotopic (exact) mass is 399 g/mol. The first-order valence-corrected chi connectivity index (χ1v) is 9.41. The lowest BCUT2D eigenvalue weighted by molar-refractivity contribution is -0.137. The van der Waals surface area contributed by atoms with Crippen LogP contribution in [0.2, 0.25) is 0 Å². The molecule has 9 heteroatoms. The predicted octanol–water partition coefficient (Wildman–Crippen LogP) is 3.38. The summed E-state index contributed by atoms with van der Waals surface area (Å²) in [5.41, 5.74) is -0.598. The number of hydrogen-bond donors (Lipinski definition) is 1. The Morgan fingerprint density at radius 1 is 1.11 bits per heavy atom. The van der Waals surface area contributed by atoms with Crippen LogP contribution in [0.5, 0.6) is 0 Å². The van der Waals surface area contributed by atoms with Crippen molar-refractivity contribution in [1.29, 1.82) is 0 Å². The molecule has 144 valence electrons. The lowest BCUT2D eigenvalue weighted by Gasteiger charge is -2.13. The van der Waals surface area contributed by atoms with Crippen molar-refractivity contribution in [1.82, 2.24) is 0 Å². The Balaban J connectivity index is 1.98. The first-order chi connectivity index (χ1) is 12.7. The van der Waals surface area contributed by atoms with Crippen LogP contribution in [-0.2, 0) is 32.3 Å². The number of carbonyl (C=O) groups excluding carboxylic acids is 2. The minimum absolute atomic E-state index is 0.154. The molecule has 0 saturated carbocycles. The van der Waals surface area contributed by atoms with Crippen LogP contribution in [-0.4, -0.2) is 28.9 Å². The maximum absolute atomic E-state index is 12.9. The Labute approximate surface area is 156 Å². The van der Waals surface area contributed by atoms with Crippen molar-refractivity contribution in [2.75, 3.05) is 18.2 Å². The fourth-order valence-electron chi connectivity index (χ4n) is 2.26. The van der Waals surface area contributed by atoms with Gasteiger partial charge in [-0.1, -0.05) is 24.3 Å². The minimum Gasteiger partial charge on any atom is -0.452 e. The molecule has 0 bridgehead atoms. The van der Waals surface area contributed by atoms with Crippen molar-refractivity contribution < 1.29 is 31.7 Å². The van der Waals surface area contributed by atoms with Gasteiger partial charge < -0.3 is 10.1 Å². The molecule has 0 aliphatic carbocycles. The molecule has 0 heterocycles. The number of halogens is 3. The van der Waals surface area contributed by atoms with Crippen molar-refractivity contribution in [3.63, 3.8) is 0 Å². The van der Waals surface area contributed by atoms with Crippen molar-refractivity contribution in [2.45, 2.75) is 11.9 Å². The van der Waals surface area contributed by atoms with E-state index in [1.165, 1.54) is 30.5 Å². The molecule has 1 N–H and O–H groups in total. The van der Waals surface area contributed by atoms with Gasteiger partial charge in [-0.2, -0.15) is 13.2 Å². The minimum atomic E-state index is -4.62. The number of rotatable bonds is 6. The number of anilines is 1. The molecule has 1 unspecified atom stereocenters. The molecule has 0 fully saturated rings. The molecule has 27 heavy (non-hydrogen) atoms. The third-order valence-corrected chi connectivity index (χ3v) is 4.11. The van der Waals surface area contributed by atoms with Gasteiger partial charge in [-0.3, -0.25) is 9.00 Å². The van der Waals surface area contributed by atoms with Crippen LogP contribution < -0.4 is 5.32 Å². The van der Waals surface area contributed by atoms with E-state index in [2.05, 4.69) is 5.32 Å². The van der Waals surface area contributed by atoms with E-state index in [4.69, 9.17) is 4.74 Å². The fraction of sp³-hybridized carbons (Fsp3) is 0.222. The van der Waals surface area contributed by atoms with Gasteiger partial charge in [-0.05, 0) is 29.8 Å². The van der Waals surface area contributed by atoms with Crippen molar-refractivity contribution >= 4 is 28.4 Å². The maximum atomic E-state index is 12.9. The summed E-state index contributed by atoms with van der Waals surface area (Å²) in [6.07, 6.45) is -3.10. The molecule has 2 aromatic carbocycles. The van der Waals surface area contributed by atoms with Crippen LogP contribution in [0.3, 0.4) is 0 Å². The molecule has 5 nitrogen and oxygen atoms in total. The number of nitrogens with one attached hydrogen (secondary N) is 1. The summed E-state index contributed by atoms with van der Waals surface area (Å²) in [6.45, 7) is -0.741. The Morgan fingerprint density at radius 3 is 2.48 bits per heavy atom. The van der Waals surface area contributed by atoms with Gasteiger partial charge in [-0.15, -0.1) is 0 Å². The first-order valence-electron chi connectivity index (χ1n) is 7.69. The van der Waals surface area contributed by atoms with Crippen LogP contribution in [0, 0.1) is 0 Å². The number of hydrogen-bond acceptors (Lipinski definition) is 4. The SMILES string of the molecule is CS(=O)Cc1cccc(C(=O)OCC(=O)Nc2ccccc2C(F)(F)F)c1. The molecular formula is C18H16F3NO4S. The van der Waals surface area contributed by atoms with Gasteiger partial charge >= 0.3 is 12.1 Å². The van der Waals surface area contributed by atoms with Crippen LogP contribution >= 0.6 is 0 Å². The van der Waals surface area contributed by atoms with Gasteiger partial charge in [0.05, 0.1) is 16.8 Å². The largest absolute Gasteiger partial charge is 0.452 e. The summed E-state index contributed by atoms with van der Waals surface area (Å²) in [5, 5.41) is 2.09. The second-order valence-corrected chi connectivity index (χ2v) is 7.02. The first kappa shape index (κ1) is 20.6. The molecule has 1 atom stereocenters. The third kappa shape index (κ3) is 6.21. The molecule has 0 spiro atoms. The third-order valence-electron chi connectivity index (χ3n) is 3.37. The molecule has 0 radical (unpaired) electrons. The van der Waals surface area contributed by atoms with E-state index in [9.17, 15) is 27.0 Å². The number of para-hydroxylation sites is 1. The van der Waals surface area contributed by atoms with E-state index in [0.29, 0.717) is 5.56 Å². The molecule has 0 aromatic heterocycles. The standard InChI is InChI=1S/C18H16F3NO4S/c1-27(25)11-12-5-4-6-13(9-12)17(24)26-10-16(23)22-15-8-3-2-7-14(15)18(19,20)21/h2-9H,10-11H2,1H3,(H,22,23). The topological polar surface area (TPSA) is 72.5 Å². The van der Waals surface area contributed by atoms with Crippen molar-refractivity contribution in [2.24, 2.45) is 0 Å². The van der Waals surface area contributed by atoms with Crippen LogP contribution in [0.4, 0.5) is 18.9 Å². The molecule has 2 aromatic rings. The zero-order chi connectivity index (χ0) is 20.0. The highest BCUT2D eigenvalue weighted by Gasteiger charge is 2.33. The van der Waals surface area contributed by atoms with Gasteiger partial charge in [-0.25, -0.2) is 4.79 Å². The highest BCUT2D eigenvalue weighted by molar-refractivity contribution is 7.83. The summed E-state index contributed by atoms with van der Waals surface area (Å²) < 4.78 is 54.8. The Bertz CT molecular complexity index is 868. The zero-order valence-electron chi connectivity index (χ0n) is 14.2. The van der Waals surface area contributed by atoms with E-state index in [0.717, 1.165) is 12.1 Å². The zero-order valence-corrected chi connectivity index (χ0v) is 15.0. The van der Waals surface area contributed by atoms with Gasteiger partial charge in [0.25, 0.3) is 5.91 Å². The summed E-state index contributed by atoms with van der Waals surface area (Å²) in [7, 11) is -1.09. The maximum Gasteiger partial charge on any atom is 0.418 e. The van der Waals surface area contributed by atoms with E-state index in [1.54, 1.807) is 12.1 Å². The summed E-state index contributed by atoms with van der Waals surface area (Å²) in [4.78, 5) is 23.9. The van der Waals surface area contributed by atoms with Crippen LogP contribution in [0.25, 0.3) is 0 Å². The smallest absolute Gasteiger partial charge is 0.418 e. The number of esters is 1. The molecule has 0 aliphatic rings. The lowest BCUT2D eigenvalue weighted by Crippen LogP contribution is -2.22. The second-order valence-electron chi connectivity index (χ2n) is 5.59. The number of benzene rings is 2. The van der Waals surface area contributed by atoms with E-state index < -0.39 is 46.7 Å². The van der Waals surface area contributed by atoms with E-state index in [-0.39, 0.29) is 11.3 Å². The molecule has 0 saturated heterocycles. The quantitative estimate of drug-likeness (QED) is 0.756. The summed E-state index contributed by atoms with van der Waals surface area (Å²) >= 11 is 0. The highest BCUT2D eigenvalue weighted by Crippen LogP contribution is 2.34. The molecule has 0 aliphatic heterocycles. The Morgan fingerprint density at radius 2 is 1.81 bits per heavy atom. The fourth-order valence-corrected chi connectivity index (χ4v) is 2.91. The number of carbonyl (C=O) groups is 2. The normalized spacial score (nSPS) is 12.3. The summed E-state index contributed by atoms with van der Waals surface area (Å²) in [6, 6.07) is 10.7. The average molecular weight is 399 g/mol. The van der Waals surface area contributed by atoms with Crippen molar-refractivity contribution in [3.05, 3.63) is 65.2 Å². The summed E-state index contributed by atoms with van der Waals surface area (Å²) in [5.74, 6) is -1.45.